The van der Waals surface area contributed by atoms with Crippen molar-refractivity contribution in [3.8, 4) is 17.0 Å². The van der Waals surface area contributed by atoms with Crippen LogP contribution >= 0.6 is 0 Å². The van der Waals surface area contributed by atoms with E-state index >= 15 is 0 Å². The maximum atomic E-state index is 13.8. The van der Waals surface area contributed by atoms with E-state index < -0.39 is 14.4 Å². The fourth-order valence-electron chi connectivity index (χ4n) is 5.09. The number of rotatable bonds is 7. The van der Waals surface area contributed by atoms with E-state index in [1.54, 1.807) is 16.7 Å². The van der Waals surface area contributed by atoms with Gasteiger partial charge in [0.1, 0.15) is 28.9 Å². The number of carbonyl (C=O) groups excluding carboxylic acids is 1. The summed E-state index contributed by atoms with van der Waals surface area (Å²) < 4.78 is 13.5. The first-order chi connectivity index (χ1) is 20.5. The molecule has 3 heterocycles. The number of nitrogens with one attached hydrogen (secondary N) is 1. The minimum atomic E-state index is -1.97. The summed E-state index contributed by atoms with van der Waals surface area (Å²) in [4.78, 5) is 30.5. The predicted octanol–water partition coefficient (Wildman–Crippen LogP) is 6.79. The lowest BCUT2D eigenvalue weighted by molar-refractivity contribution is -0.552. The monoisotopic (exact) mass is 590 g/mol. The van der Waals surface area contributed by atoms with Crippen molar-refractivity contribution in [3.63, 3.8) is 0 Å². The largest absolute Gasteiger partial charge is 0.544 e. The van der Waals surface area contributed by atoms with Crippen LogP contribution in [0.15, 0.2) is 100 Å². The summed E-state index contributed by atoms with van der Waals surface area (Å²) in [5.41, 5.74) is 4.68. The summed E-state index contributed by atoms with van der Waals surface area (Å²) in [6, 6.07) is 26.5. The minimum absolute atomic E-state index is 0.0365. The third-order valence-electron chi connectivity index (χ3n) is 8.53. The Bertz CT molecular complexity index is 1880. The van der Waals surface area contributed by atoms with E-state index in [0.717, 1.165) is 39.2 Å². The molecule has 0 saturated heterocycles. The van der Waals surface area contributed by atoms with Crippen LogP contribution in [-0.4, -0.2) is 25.3 Å². The summed E-state index contributed by atoms with van der Waals surface area (Å²) in [6.45, 7) is 11.2. The number of anilines is 1. The summed E-state index contributed by atoms with van der Waals surface area (Å²) in [5.74, 6) is 1.53. The van der Waals surface area contributed by atoms with Crippen molar-refractivity contribution in [1.29, 1.82) is 0 Å². The second-order valence-corrected chi connectivity index (χ2v) is 17.4. The quantitative estimate of drug-likeness (QED) is 0.128. The Morgan fingerprint density at radius 2 is 1.67 bits per heavy atom. The van der Waals surface area contributed by atoms with E-state index in [0.29, 0.717) is 24.2 Å². The Labute approximate surface area is 252 Å². The Morgan fingerprint density at radius 3 is 2.40 bits per heavy atom. The lowest BCUT2D eigenvalue weighted by Crippen LogP contribution is -2.44. The van der Waals surface area contributed by atoms with Crippen LogP contribution in [0.2, 0.25) is 18.1 Å². The van der Waals surface area contributed by atoms with E-state index in [-0.39, 0.29) is 16.6 Å². The molecule has 1 aliphatic heterocycles. The van der Waals surface area contributed by atoms with Gasteiger partial charge in [-0.1, -0.05) is 57.2 Å². The molecular weight excluding hydrogens is 554 g/mol. The second-order valence-electron chi connectivity index (χ2n) is 12.7. The second kappa shape index (κ2) is 10.9. The Hall–Kier alpha value is -4.56. The topological polar surface area (TPSA) is 85.3 Å². The lowest BCUT2D eigenvalue weighted by Gasteiger charge is -2.36. The van der Waals surface area contributed by atoms with E-state index in [1.807, 2.05) is 60.8 Å². The van der Waals surface area contributed by atoms with Gasteiger partial charge in [0, 0.05) is 29.9 Å². The normalized spacial score (nSPS) is 14.9. The summed E-state index contributed by atoms with van der Waals surface area (Å²) in [7, 11) is -1.97. The van der Waals surface area contributed by atoms with Crippen LogP contribution in [0.5, 0.6) is 5.75 Å². The highest BCUT2D eigenvalue weighted by Crippen LogP contribution is 2.37. The predicted molar refractivity (Wildman–Crippen MR) is 171 cm³/mol. The number of aromatic nitrogens is 2. The number of nitrogens with zero attached hydrogens (tertiary/aromatic N) is 2. The molecule has 1 N–H and O–H groups in total. The van der Waals surface area contributed by atoms with Gasteiger partial charge in [-0.25, -0.2) is 14.6 Å². The Balaban J connectivity index is 1.32. The van der Waals surface area contributed by atoms with Gasteiger partial charge in [-0.15, -0.1) is 0 Å². The van der Waals surface area contributed by atoms with Crippen LogP contribution in [0.4, 0.5) is 5.82 Å². The number of hydrogen-bond donors (Lipinski definition) is 1. The van der Waals surface area contributed by atoms with Gasteiger partial charge in [0.25, 0.3) is 0 Å². The van der Waals surface area contributed by atoms with Gasteiger partial charge < -0.3 is 8.84 Å². The van der Waals surface area contributed by atoms with Crippen molar-refractivity contribution in [1.82, 2.24) is 4.98 Å². The maximum absolute atomic E-state index is 13.8. The third-order valence-corrected chi connectivity index (χ3v) is 12.9. The molecule has 0 aliphatic carbocycles. The zero-order valence-corrected chi connectivity index (χ0v) is 26.2. The molecule has 0 spiro atoms. The molecule has 7 nitrogen and oxygen atoms in total. The van der Waals surface area contributed by atoms with Gasteiger partial charge in [0.15, 0.2) is 6.04 Å². The summed E-state index contributed by atoms with van der Waals surface area (Å²) in [6.07, 6.45) is 2.89. The molecule has 0 fully saturated rings. The molecule has 218 valence electrons. The molecule has 43 heavy (non-hydrogen) atoms. The molecule has 3 aromatic carbocycles. The van der Waals surface area contributed by atoms with Crippen molar-refractivity contribution in [2.75, 3.05) is 5.32 Å². The van der Waals surface area contributed by atoms with Gasteiger partial charge in [-0.05, 0) is 71.7 Å². The van der Waals surface area contributed by atoms with Crippen LogP contribution in [0.3, 0.4) is 0 Å². The van der Waals surface area contributed by atoms with Gasteiger partial charge >= 0.3 is 17.4 Å². The summed E-state index contributed by atoms with van der Waals surface area (Å²) in [5, 5.41) is 4.39. The number of benzene rings is 3. The first-order valence-corrected chi connectivity index (χ1v) is 17.5. The Morgan fingerprint density at radius 1 is 0.930 bits per heavy atom. The van der Waals surface area contributed by atoms with Crippen molar-refractivity contribution < 1.29 is 18.2 Å². The van der Waals surface area contributed by atoms with Crippen molar-refractivity contribution in [2.24, 2.45) is 0 Å². The van der Waals surface area contributed by atoms with Gasteiger partial charge in [0.05, 0.1) is 0 Å². The molecule has 1 atom stereocenters. The molecule has 8 heteroatoms. The van der Waals surface area contributed by atoms with Crippen molar-refractivity contribution >= 4 is 31.0 Å². The number of fused-ring (bicyclic) bond motifs is 2. The van der Waals surface area contributed by atoms with Gasteiger partial charge in [0.2, 0.25) is 8.32 Å². The fourth-order valence-corrected chi connectivity index (χ4v) is 6.12. The molecule has 0 bridgehead atoms. The molecule has 0 radical (unpaired) electrons. The SMILES string of the molecule is CC(C)(C)[Si](C)(C)Oc1ccc(-c2c[n+]3c(c(Cc4ccccc4)n2)NC(Cc2ccc4oc(=O)ccc4c2)C3=O)cc1. The van der Waals surface area contributed by atoms with Crippen molar-refractivity contribution in [3.05, 3.63) is 118 Å². The van der Waals surface area contributed by atoms with Crippen LogP contribution in [0, 0.1) is 0 Å². The first kappa shape index (κ1) is 28.6. The van der Waals surface area contributed by atoms with Crippen LogP contribution in [0.1, 0.15) is 42.4 Å². The molecule has 5 aromatic rings. The van der Waals surface area contributed by atoms with Crippen LogP contribution in [0.25, 0.3) is 22.2 Å². The highest BCUT2D eigenvalue weighted by molar-refractivity contribution is 6.74. The molecule has 1 unspecified atom stereocenters. The zero-order chi connectivity index (χ0) is 30.4. The van der Waals surface area contributed by atoms with E-state index in [4.69, 9.17) is 13.8 Å². The molecular formula is C35H36N3O4Si+. The standard InChI is InChI=1S/C35H35N3O4Si/c1-35(2,3)43(4,5)42-27-15-12-25(13-16-27)30-22-38-33(28(36-30)20-23-9-7-6-8-10-23)37-29(34(38)40)21-24-11-17-31-26(19-24)14-18-32(39)41-31/h6-19,22,29H,20-21H2,1-5H3/p+1. The first-order valence-electron chi connectivity index (χ1n) is 14.6. The number of carbonyl (C=O) groups is 1. The van der Waals surface area contributed by atoms with Crippen LogP contribution in [-0.2, 0) is 12.8 Å². The molecule has 0 saturated carbocycles. The summed E-state index contributed by atoms with van der Waals surface area (Å²) >= 11 is 0. The average Bonchev–Trinajstić information content (AvgIpc) is 3.28. The van der Waals surface area contributed by atoms with E-state index in [9.17, 15) is 9.59 Å². The third kappa shape index (κ3) is 5.88. The number of hydrogen-bond acceptors (Lipinski definition) is 6. The molecule has 2 aromatic heterocycles. The van der Waals surface area contributed by atoms with Crippen LogP contribution < -0.4 is 19.9 Å². The minimum Gasteiger partial charge on any atom is -0.544 e. The fraction of sp³-hybridized carbons (Fsp3) is 0.257. The average molecular weight is 591 g/mol. The molecule has 0 amide bonds. The zero-order valence-electron chi connectivity index (χ0n) is 25.2. The maximum Gasteiger partial charge on any atom is 0.359 e. The Kier molecular flexibility index (Phi) is 7.26. The lowest BCUT2D eigenvalue weighted by atomic mass is 10.0. The highest BCUT2D eigenvalue weighted by Gasteiger charge is 2.41. The molecule has 6 rings (SSSR count). The smallest absolute Gasteiger partial charge is 0.359 e. The highest BCUT2D eigenvalue weighted by atomic mass is 28.4. The van der Waals surface area contributed by atoms with Crippen molar-refractivity contribution in [2.45, 2.75) is 57.8 Å². The molecule has 1 aliphatic rings. The van der Waals surface area contributed by atoms with E-state index in [1.165, 1.54) is 6.07 Å². The van der Waals surface area contributed by atoms with Gasteiger partial charge in [-0.2, -0.15) is 4.57 Å². The van der Waals surface area contributed by atoms with E-state index in [2.05, 4.69) is 51.3 Å². The van der Waals surface area contributed by atoms with Gasteiger partial charge in [-0.3, -0.25) is 5.32 Å².